The number of hydrogen-bond donors (Lipinski definition) is 2. The van der Waals surface area contributed by atoms with E-state index in [1.165, 1.54) is 0 Å². The van der Waals surface area contributed by atoms with E-state index in [0.717, 1.165) is 12.8 Å². The Morgan fingerprint density at radius 2 is 2.11 bits per heavy atom. The third kappa shape index (κ3) is 4.66. The summed E-state index contributed by atoms with van der Waals surface area (Å²) in [6.45, 7) is 3.11. The minimum absolute atomic E-state index is 0.128. The quantitative estimate of drug-likeness (QED) is 0.741. The standard InChI is InChI=1S/C13H20N2O3/c1-3-10(2)14-13(18)15-8-6-11(7-9-15)4-5-12(16)17/h1,10-11H,4-9H2,2H3,(H,14,18)(H,16,17). The van der Waals surface area contributed by atoms with Gasteiger partial charge in [-0.05, 0) is 32.1 Å². The topological polar surface area (TPSA) is 69.6 Å². The van der Waals surface area contributed by atoms with Crippen LogP contribution < -0.4 is 5.32 Å². The van der Waals surface area contributed by atoms with Crippen molar-refractivity contribution in [3.05, 3.63) is 0 Å². The summed E-state index contributed by atoms with van der Waals surface area (Å²) in [5.41, 5.74) is 0. The van der Waals surface area contributed by atoms with Gasteiger partial charge in [-0.1, -0.05) is 5.92 Å². The number of likely N-dealkylation sites (tertiary alicyclic amines) is 1. The Morgan fingerprint density at radius 1 is 1.50 bits per heavy atom. The summed E-state index contributed by atoms with van der Waals surface area (Å²) in [7, 11) is 0. The molecule has 0 radical (unpaired) electrons. The van der Waals surface area contributed by atoms with Gasteiger partial charge in [0.05, 0.1) is 6.04 Å². The molecule has 18 heavy (non-hydrogen) atoms. The smallest absolute Gasteiger partial charge is 0.318 e. The fourth-order valence-corrected chi connectivity index (χ4v) is 2.07. The van der Waals surface area contributed by atoms with Crippen LogP contribution in [0.1, 0.15) is 32.6 Å². The van der Waals surface area contributed by atoms with E-state index in [4.69, 9.17) is 11.5 Å². The van der Waals surface area contributed by atoms with E-state index in [1.54, 1.807) is 11.8 Å². The van der Waals surface area contributed by atoms with E-state index in [2.05, 4.69) is 11.2 Å². The molecule has 1 heterocycles. The maximum absolute atomic E-state index is 11.8. The van der Waals surface area contributed by atoms with Gasteiger partial charge in [-0.2, -0.15) is 0 Å². The monoisotopic (exact) mass is 252 g/mol. The second kappa shape index (κ2) is 6.90. The highest BCUT2D eigenvalue weighted by atomic mass is 16.4. The van der Waals surface area contributed by atoms with Crippen LogP contribution in [0.2, 0.25) is 0 Å². The van der Waals surface area contributed by atoms with Crippen LogP contribution in [0.25, 0.3) is 0 Å². The lowest BCUT2D eigenvalue weighted by atomic mass is 9.92. The lowest BCUT2D eigenvalue weighted by Gasteiger charge is -2.32. The Kier molecular flexibility index (Phi) is 5.50. The molecule has 0 aliphatic carbocycles. The predicted octanol–water partition coefficient (Wildman–Crippen LogP) is 1.29. The van der Waals surface area contributed by atoms with Crippen LogP contribution in [0.15, 0.2) is 0 Å². The van der Waals surface area contributed by atoms with Crippen molar-refractivity contribution in [3.63, 3.8) is 0 Å². The molecule has 1 unspecified atom stereocenters. The van der Waals surface area contributed by atoms with Crippen LogP contribution in [0.5, 0.6) is 0 Å². The molecule has 0 bridgehead atoms. The summed E-state index contributed by atoms with van der Waals surface area (Å²) in [5, 5.41) is 11.3. The lowest BCUT2D eigenvalue weighted by molar-refractivity contribution is -0.137. The Balaban J connectivity index is 2.28. The van der Waals surface area contributed by atoms with E-state index in [0.29, 0.717) is 25.4 Å². The SMILES string of the molecule is C#CC(C)NC(=O)N1CCC(CCC(=O)O)CC1. The second-order valence-corrected chi connectivity index (χ2v) is 4.70. The van der Waals surface area contributed by atoms with Crippen LogP contribution in [-0.4, -0.2) is 41.1 Å². The van der Waals surface area contributed by atoms with E-state index in [-0.39, 0.29) is 18.5 Å². The molecule has 1 saturated heterocycles. The first-order valence-electron chi connectivity index (χ1n) is 6.26. The Morgan fingerprint density at radius 3 is 2.61 bits per heavy atom. The highest BCUT2D eigenvalue weighted by Gasteiger charge is 2.23. The summed E-state index contributed by atoms with van der Waals surface area (Å²) >= 11 is 0. The van der Waals surface area contributed by atoms with Crippen molar-refractivity contribution in [3.8, 4) is 12.3 Å². The molecule has 1 atom stereocenters. The van der Waals surface area contributed by atoms with Gasteiger partial charge in [0, 0.05) is 19.5 Å². The molecular formula is C13H20N2O3. The number of nitrogens with zero attached hydrogens (tertiary/aromatic N) is 1. The summed E-state index contributed by atoms with van der Waals surface area (Å²) in [6.07, 6.45) is 7.85. The molecule has 0 aromatic heterocycles. The third-order valence-corrected chi connectivity index (χ3v) is 3.26. The highest BCUT2D eigenvalue weighted by Crippen LogP contribution is 2.21. The normalized spacial score (nSPS) is 17.9. The predicted molar refractivity (Wildman–Crippen MR) is 68.0 cm³/mol. The first-order chi connectivity index (χ1) is 8.52. The van der Waals surface area contributed by atoms with E-state index in [9.17, 15) is 9.59 Å². The summed E-state index contributed by atoms with van der Waals surface area (Å²) in [5.74, 6) is 2.11. The maximum atomic E-state index is 11.8. The molecule has 2 N–H and O–H groups in total. The molecule has 1 rings (SSSR count). The van der Waals surface area contributed by atoms with Crippen molar-refractivity contribution in [1.29, 1.82) is 0 Å². The van der Waals surface area contributed by atoms with E-state index < -0.39 is 5.97 Å². The number of aliphatic carboxylic acids is 1. The number of terminal acetylenes is 1. The van der Waals surface area contributed by atoms with Gasteiger partial charge in [-0.25, -0.2) is 4.79 Å². The molecule has 0 spiro atoms. The van der Waals surface area contributed by atoms with Gasteiger partial charge in [0.1, 0.15) is 0 Å². The number of carboxylic acid groups (broad SMARTS) is 1. The lowest BCUT2D eigenvalue weighted by Crippen LogP contribution is -2.46. The molecule has 5 heteroatoms. The molecular weight excluding hydrogens is 232 g/mol. The van der Waals surface area contributed by atoms with Gasteiger partial charge in [0.2, 0.25) is 0 Å². The van der Waals surface area contributed by atoms with Crippen molar-refractivity contribution in [2.45, 2.75) is 38.6 Å². The number of piperidine rings is 1. The zero-order valence-corrected chi connectivity index (χ0v) is 10.7. The molecule has 0 aromatic rings. The number of carbonyl (C=O) groups excluding carboxylic acids is 1. The van der Waals surface area contributed by atoms with Crippen molar-refractivity contribution in [2.24, 2.45) is 5.92 Å². The number of nitrogens with one attached hydrogen (secondary N) is 1. The van der Waals surface area contributed by atoms with Gasteiger partial charge in [-0.3, -0.25) is 4.79 Å². The number of rotatable bonds is 4. The van der Waals surface area contributed by atoms with Crippen LogP contribution in [0, 0.1) is 18.3 Å². The summed E-state index contributed by atoms with van der Waals surface area (Å²) in [4.78, 5) is 24.0. The van der Waals surface area contributed by atoms with Crippen LogP contribution in [0.3, 0.4) is 0 Å². The van der Waals surface area contributed by atoms with Crippen LogP contribution in [-0.2, 0) is 4.79 Å². The van der Waals surface area contributed by atoms with Crippen molar-refractivity contribution >= 4 is 12.0 Å². The second-order valence-electron chi connectivity index (χ2n) is 4.70. The van der Waals surface area contributed by atoms with Gasteiger partial charge >= 0.3 is 12.0 Å². The maximum Gasteiger partial charge on any atom is 0.318 e. The van der Waals surface area contributed by atoms with Gasteiger partial charge in [-0.15, -0.1) is 6.42 Å². The van der Waals surface area contributed by atoms with Crippen molar-refractivity contribution in [2.75, 3.05) is 13.1 Å². The number of carbonyl (C=O) groups is 2. The highest BCUT2D eigenvalue weighted by molar-refractivity contribution is 5.75. The molecule has 5 nitrogen and oxygen atoms in total. The molecule has 2 amide bonds. The Labute approximate surface area is 108 Å². The Bertz CT molecular complexity index is 341. The number of hydrogen-bond acceptors (Lipinski definition) is 2. The molecule has 0 saturated carbocycles. The zero-order valence-electron chi connectivity index (χ0n) is 10.7. The summed E-state index contributed by atoms with van der Waals surface area (Å²) in [6, 6.07) is -0.389. The molecule has 1 aliphatic heterocycles. The first-order valence-corrected chi connectivity index (χ1v) is 6.26. The molecule has 0 aromatic carbocycles. The van der Waals surface area contributed by atoms with E-state index >= 15 is 0 Å². The van der Waals surface area contributed by atoms with Crippen molar-refractivity contribution < 1.29 is 14.7 Å². The first kappa shape index (κ1) is 14.4. The minimum atomic E-state index is -0.752. The average Bonchev–Trinajstić information content (AvgIpc) is 2.36. The molecule has 100 valence electrons. The average molecular weight is 252 g/mol. The zero-order chi connectivity index (χ0) is 13.5. The fraction of sp³-hybridized carbons (Fsp3) is 0.692. The third-order valence-electron chi connectivity index (χ3n) is 3.26. The van der Waals surface area contributed by atoms with Gasteiger partial charge < -0.3 is 15.3 Å². The van der Waals surface area contributed by atoms with Crippen LogP contribution in [0.4, 0.5) is 4.79 Å². The Hall–Kier alpha value is -1.70. The van der Waals surface area contributed by atoms with E-state index in [1.807, 2.05) is 0 Å². The van der Waals surface area contributed by atoms with Crippen molar-refractivity contribution in [1.82, 2.24) is 10.2 Å². The number of carboxylic acids is 1. The van der Waals surface area contributed by atoms with Gasteiger partial charge in [0.25, 0.3) is 0 Å². The van der Waals surface area contributed by atoms with Gasteiger partial charge in [0.15, 0.2) is 0 Å². The number of urea groups is 1. The fourth-order valence-electron chi connectivity index (χ4n) is 2.07. The number of amides is 2. The molecule has 1 fully saturated rings. The minimum Gasteiger partial charge on any atom is -0.481 e. The summed E-state index contributed by atoms with van der Waals surface area (Å²) < 4.78 is 0. The largest absolute Gasteiger partial charge is 0.481 e. The molecule has 1 aliphatic rings. The van der Waals surface area contributed by atoms with Crippen LogP contribution >= 0.6 is 0 Å².